The number of methoxy groups -OCH3 is 1. The van der Waals surface area contributed by atoms with Crippen LogP contribution in [0.1, 0.15) is 21.5 Å². The molecule has 0 fully saturated rings. The van der Waals surface area contributed by atoms with Gasteiger partial charge in [0.15, 0.2) is 0 Å². The number of nitrogens with one attached hydrogen (secondary N) is 2. The van der Waals surface area contributed by atoms with Crippen molar-refractivity contribution in [1.82, 2.24) is 5.43 Å². The van der Waals surface area contributed by atoms with Gasteiger partial charge < -0.3 is 10.1 Å². The molecule has 0 aliphatic carbocycles. The average molecular weight is 339 g/mol. The molecule has 128 valence electrons. The minimum absolute atomic E-state index is 0.404. The number of hydrogen-bond acceptors (Lipinski definition) is 5. The fourth-order valence-electron chi connectivity index (χ4n) is 1.86. The molecule has 0 radical (unpaired) electrons. The van der Waals surface area contributed by atoms with Crippen LogP contribution in [0.4, 0.5) is 5.69 Å². The number of nitrogens with zero attached hydrogens (tertiary/aromatic N) is 1. The van der Waals surface area contributed by atoms with Crippen LogP contribution in [0.15, 0.2) is 53.6 Å². The Hall–Kier alpha value is -3.48. The molecule has 0 heterocycles. The fourth-order valence-corrected chi connectivity index (χ4v) is 1.86. The zero-order chi connectivity index (χ0) is 18.2. The second kappa shape index (κ2) is 8.39. The van der Waals surface area contributed by atoms with Gasteiger partial charge in [0.1, 0.15) is 0 Å². The maximum absolute atomic E-state index is 11.7. The van der Waals surface area contributed by atoms with Crippen molar-refractivity contribution in [3.05, 3.63) is 65.2 Å². The van der Waals surface area contributed by atoms with E-state index in [-0.39, 0.29) is 0 Å². The first kappa shape index (κ1) is 17.9. The van der Waals surface area contributed by atoms with Crippen molar-refractivity contribution in [3.63, 3.8) is 0 Å². The van der Waals surface area contributed by atoms with Crippen molar-refractivity contribution in [2.75, 3.05) is 12.4 Å². The molecule has 0 saturated carbocycles. The van der Waals surface area contributed by atoms with Gasteiger partial charge in [0, 0.05) is 5.69 Å². The summed E-state index contributed by atoms with van der Waals surface area (Å²) in [5, 5.41) is 6.18. The topological polar surface area (TPSA) is 96.9 Å². The zero-order valence-corrected chi connectivity index (χ0v) is 13.8. The van der Waals surface area contributed by atoms with E-state index in [0.717, 1.165) is 5.56 Å². The summed E-state index contributed by atoms with van der Waals surface area (Å²) in [6.45, 7) is 1.92. The highest BCUT2D eigenvalue weighted by Crippen LogP contribution is 2.08. The summed E-state index contributed by atoms with van der Waals surface area (Å²) in [5.41, 5.74) is 4.76. The van der Waals surface area contributed by atoms with Crippen molar-refractivity contribution in [2.45, 2.75) is 6.92 Å². The molecule has 2 amide bonds. The molecular formula is C18H17N3O4. The summed E-state index contributed by atoms with van der Waals surface area (Å²) in [4.78, 5) is 34.7. The van der Waals surface area contributed by atoms with Gasteiger partial charge in [-0.25, -0.2) is 10.2 Å². The van der Waals surface area contributed by atoms with Crippen LogP contribution < -0.4 is 10.7 Å². The van der Waals surface area contributed by atoms with Gasteiger partial charge in [-0.05, 0) is 36.8 Å². The number of hydrogen-bond donors (Lipinski definition) is 2. The normalized spacial score (nSPS) is 10.3. The molecule has 0 saturated heterocycles. The molecule has 0 atom stereocenters. The first-order valence-corrected chi connectivity index (χ1v) is 7.39. The summed E-state index contributed by atoms with van der Waals surface area (Å²) in [6, 6.07) is 13.5. The van der Waals surface area contributed by atoms with E-state index in [1.54, 1.807) is 36.4 Å². The Balaban J connectivity index is 1.88. The number of carbonyl (C=O) groups excluding carboxylic acids is 3. The number of rotatable bonds is 4. The first-order chi connectivity index (χ1) is 12.0. The third-order valence-electron chi connectivity index (χ3n) is 3.23. The molecule has 2 aromatic rings. The third-order valence-corrected chi connectivity index (χ3v) is 3.23. The molecule has 25 heavy (non-hydrogen) atoms. The molecule has 7 nitrogen and oxygen atoms in total. The van der Waals surface area contributed by atoms with Gasteiger partial charge in [0.2, 0.25) is 0 Å². The highest BCUT2D eigenvalue weighted by molar-refractivity contribution is 6.39. The molecule has 2 aromatic carbocycles. The lowest BCUT2D eigenvalue weighted by Crippen LogP contribution is -2.32. The summed E-state index contributed by atoms with van der Waals surface area (Å²) < 4.78 is 4.60. The Bertz CT molecular complexity index is 796. The van der Waals surface area contributed by atoms with Crippen molar-refractivity contribution in [3.8, 4) is 0 Å². The molecule has 0 bridgehead atoms. The van der Waals surface area contributed by atoms with E-state index < -0.39 is 17.8 Å². The second-order valence-electron chi connectivity index (χ2n) is 5.13. The second-order valence-corrected chi connectivity index (χ2v) is 5.13. The quantitative estimate of drug-likeness (QED) is 0.385. The summed E-state index contributed by atoms with van der Waals surface area (Å²) in [5.74, 6) is -2.14. The number of ether oxygens (including phenoxy) is 1. The highest BCUT2D eigenvalue weighted by Gasteiger charge is 2.12. The lowest BCUT2D eigenvalue weighted by atomic mass is 10.1. The minimum atomic E-state index is -0.886. The monoisotopic (exact) mass is 339 g/mol. The lowest BCUT2D eigenvalue weighted by Gasteiger charge is -2.04. The largest absolute Gasteiger partial charge is 0.465 e. The van der Waals surface area contributed by atoms with Gasteiger partial charge in [0.05, 0.1) is 18.9 Å². The number of hydrazone groups is 1. The number of amides is 2. The van der Waals surface area contributed by atoms with Gasteiger partial charge in [-0.15, -0.1) is 0 Å². The molecule has 2 rings (SSSR count). The molecule has 2 N–H and O–H groups in total. The van der Waals surface area contributed by atoms with E-state index in [0.29, 0.717) is 16.8 Å². The van der Waals surface area contributed by atoms with E-state index in [1.807, 2.05) is 19.1 Å². The van der Waals surface area contributed by atoms with Crippen molar-refractivity contribution in [2.24, 2.45) is 5.10 Å². The van der Waals surface area contributed by atoms with Gasteiger partial charge >= 0.3 is 17.8 Å². The average Bonchev–Trinajstić information content (AvgIpc) is 2.63. The van der Waals surface area contributed by atoms with E-state index in [9.17, 15) is 14.4 Å². The Kier molecular flexibility index (Phi) is 6.00. The Morgan fingerprint density at radius 1 is 0.960 bits per heavy atom. The van der Waals surface area contributed by atoms with Crippen molar-refractivity contribution in [1.29, 1.82) is 0 Å². The predicted octanol–water partition coefficient (Wildman–Crippen LogP) is 1.87. The molecule has 0 aliphatic rings. The van der Waals surface area contributed by atoms with Gasteiger partial charge in [-0.3, -0.25) is 9.59 Å². The van der Waals surface area contributed by atoms with Crippen LogP contribution in [0.25, 0.3) is 0 Å². The standard InChI is InChI=1S/C18H17N3O4/c1-12-3-9-15(10-4-12)20-16(22)17(23)21-19-11-13-5-7-14(8-6-13)18(24)25-2/h3-11H,1-2H3,(H,20,22)(H,21,23)/b19-11+. The summed E-state index contributed by atoms with van der Waals surface area (Å²) in [6.07, 6.45) is 1.36. The number of carbonyl (C=O) groups is 3. The number of benzene rings is 2. The number of anilines is 1. The highest BCUT2D eigenvalue weighted by atomic mass is 16.5. The maximum atomic E-state index is 11.7. The molecule has 7 heteroatoms. The molecule has 0 aromatic heterocycles. The Labute approximate surface area is 144 Å². The number of aryl methyl sites for hydroxylation is 1. The Morgan fingerprint density at radius 2 is 1.60 bits per heavy atom. The van der Waals surface area contributed by atoms with Gasteiger partial charge in [-0.2, -0.15) is 5.10 Å². The van der Waals surface area contributed by atoms with Crippen molar-refractivity contribution < 1.29 is 19.1 Å². The zero-order valence-electron chi connectivity index (χ0n) is 13.8. The molecule has 0 unspecified atom stereocenters. The van der Waals surface area contributed by atoms with Crippen LogP contribution in [0.2, 0.25) is 0 Å². The fraction of sp³-hybridized carbons (Fsp3) is 0.111. The summed E-state index contributed by atoms with van der Waals surface area (Å²) >= 11 is 0. The van der Waals surface area contributed by atoms with Crippen molar-refractivity contribution >= 4 is 29.7 Å². The molecule has 0 spiro atoms. The number of esters is 1. The molecule has 0 aliphatic heterocycles. The van der Waals surface area contributed by atoms with E-state index >= 15 is 0 Å². The van der Waals surface area contributed by atoms with Gasteiger partial charge in [0.25, 0.3) is 0 Å². The predicted molar refractivity (Wildman–Crippen MR) is 93.3 cm³/mol. The van der Waals surface area contributed by atoms with Crippen LogP contribution in [-0.2, 0) is 14.3 Å². The van der Waals surface area contributed by atoms with Crippen LogP contribution in [-0.4, -0.2) is 31.1 Å². The van der Waals surface area contributed by atoms with Crippen LogP contribution in [0.5, 0.6) is 0 Å². The lowest BCUT2D eigenvalue weighted by molar-refractivity contribution is -0.136. The van der Waals surface area contributed by atoms with E-state index in [4.69, 9.17) is 0 Å². The van der Waals surface area contributed by atoms with Crippen LogP contribution in [0, 0.1) is 6.92 Å². The van der Waals surface area contributed by atoms with Crippen LogP contribution in [0.3, 0.4) is 0 Å². The first-order valence-electron chi connectivity index (χ1n) is 7.39. The summed E-state index contributed by atoms with van der Waals surface area (Å²) in [7, 11) is 1.30. The van der Waals surface area contributed by atoms with Crippen LogP contribution >= 0.6 is 0 Å². The third kappa shape index (κ3) is 5.28. The van der Waals surface area contributed by atoms with Gasteiger partial charge in [-0.1, -0.05) is 29.8 Å². The minimum Gasteiger partial charge on any atom is -0.465 e. The van der Waals surface area contributed by atoms with E-state index in [1.165, 1.54) is 13.3 Å². The smallest absolute Gasteiger partial charge is 0.337 e. The van der Waals surface area contributed by atoms with E-state index in [2.05, 4.69) is 20.6 Å². The Morgan fingerprint density at radius 3 is 2.20 bits per heavy atom. The molecular weight excluding hydrogens is 322 g/mol. The SMILES string of the molecule is COC(=O)c1ccc(/C=N/NC(=O)C(=O)Nc2ccc(C)cc2)cc1. The maximum Gasteiger partial charge on any atom is 0.337 e.